The summed E-state index contributed by atoms with van der Waals surface area (Å²) in [6.07, 6.45) is 3.55. The summed E-state index contributed by atoms with van der Waals surface area (Å²) in [5, 5.41) is 8.56. The molecule has 0 bridgehead atoms. The predicted octanol–water partition coefficient (Wildman–Crippen LogP) is 1.98. The quantitative estimate of drug-likeness (QED) is 0.639. The van der Waals surface area contributed by atoms with E-state index >= 15 is 0 Å². The molecular weight excluding hydrogens is 360 g/mol. The number of rotatable bonds is 4. The molecular formula is C18H22N8S. The Labute approximate surface area is 163 Å². The summed E-state index contributed by atoms with van der Waals surface area (Å²) in [6, 6.07) is 8.09. The predicted molar refractivity (Wildman–Crippen MR) is 105 cm³/mol. The first-order valence-corrected chi connectivity index (χ1v) is 9.37. The minimum absolute atomic E-state index is 0.609. The molecule has 0 spiro atoms. The molecule has 2 aromatic heterocycles. The molecule has 0 aliphatic carbocycles. The Morgan fingerprint density at radius 1 is 1.00 bits per heavy atom. The summed E-state index contributed by atoms with van der Waals surface area (Å²) in [4.78, 5) is 13.2. The van der Waals surface area contributed by atoms with Crippen molar-refractivity contribution in [1.82, 2.24) is 34.7 Å². The van der Waals surface area contributed by atoms with Crippen molar-refractivity contribution in [3.8, 4) is 5.69 Å². The van der Waals surface area contributed by atoms with Gasteiger partial charge in [0, 0.05) is 38.6 Å². The van der Waals surface area contributed by atoms with Crippen LogP contribution in [0, 0.1) is 18.6 Å². The van der Waals surface area contributed by atoms with Crippen LogP contribution in [0.3, 0.4) is 0 Å². The highest BCUT2D eigenvalue weighted by Gasteiger charge is 2.20. The van der Waals surface area contributed by atoms with E-state index < -0.39 is 0 Å². The molecule has 1 aliphatic heterocycles. The van der Waals surface area contributed by atoms with Crippen molar-refractivity contribution < 1.29 is 0 Å². The Bertz CT molecular complexity index is 973. The molecule has 0 radical (unpaired) electrons. The third kappa shape index (κ3) is 3.74. The minimum Gasteiger partial charge on any atom is -0.338 e. The van der Waals surface area contributed by atoms with Gasteiger partial charge in [-0.2, -0.15) is 4.68 Å². The number of hydrogen-bond acceptors (Lipinski definition) is 7. The molecule has 0 atom stereocenters. The van der Waals surface area contributed by atoms with E-state index in [0.29, 0.717) is 11.4 Å². The van der Waals surface area contributed by atoms with Gasteiger partial charge >= 0.3 is 0 Å². The van der Waals surface area contributed by atoms with Crippen LogP contribution in [0.15, 0.2) is 36.7 Å². The molecule has 9 heteroatoms. The molecule has 0 unspecified atom stereocenters. The van der Waals surface area contributed by atoms with Crippen LogP contribution < -0.4 is 4.90 Å². The lowest BCUT2D eigenvalue weighted by atomic mass is 10.1. The van der Waals surface area contributed by atoms with Crippen molar-refractivity contribution in [2.45, 2.75) is 20.5 Å². The van der Waals surface area contributed by atoms with Gasteiger partial charge in [-0.1, -0.05) is 12.1 Å². The summed E-state index contributed by atoms with van der Waals surface area (Å²) in [6.45, 7) is 8.30. The largest absolute Gasteiger partial charge is 0.338 e. The molecule has 0 saturated carbocycles. The van der Waals surface area contributed by atoms with Crippen molar-refractivity contribution in [2.75, 3.05) is 31.1 Å². The zero-order chi connectivity index (χ0) is 18.8. The number of aryl methyl sites for hydroxylation is 2. The van der Waals surface area contributed by atoms with Crippen LogP contribution >= 0.6 is 12.2 Å². The summed E-state index contributed by atoms with van der Waals surface area (Å²) >= 11 is 5.62. The van der Waals surface area contributed by atoms with E-state index in [-0.39, 0.29) is 0 Å². The molecule has 1 aromatic carbocycles. The first-order chi connectivity index (χ1) is 13.1. The second kappa shape index (κ2) is 7.53. The van der Waals surface area contributed by atoms with Gasteiger partial charge in [0.05, 0.1) is 12.4 Å². The topological polar surface area (TPSA) is 67.9 Å². The summed E-state index contributed by atoms with van der Waals surface area (Å²) in [5.41, 5.74) is 3.28. The minimum atomic E-state index is 0.609. The number of tetrazole rings is 1. The highest BCUT2D eigenvalue weighted by molar-refractivity contribution is 7.71. The Balaban J connectivity index is 1.45. The van der Waals surface area contributed by atoms with E-state index in [4.69, 9.17) is 12.2 Å². The lowest BCUT2D eigenvalue weighted by Gasteiger charge is -2.34. The molecule has 27 heavy (non-hydrogen) atoms. The fourth-order valence-corrected chi connectivity index (χ4v) is 3.42. The van der Waals surface area contributed by atoms with E-state index in [1.54, 1.807) is 21.8 Å². The van der Waals surface area contributed by atoms with Crippen LogP contribution in [0.5, 0.6) is 0 Å². The van der Waals surface area contributed by atoms with Gasteiger partial charge in [0.2, 0.25) is 10.7 Å². The molecule has 8 nitrogen and oxygen atoms in total. The Kier molecular flexibility index (Phi) is 4.95. The number of nitrogens with zero attached hydrogens (tertiary/aromatic N) is 8. The molecule has 1 fully saturated rings. The fourth-order valence-electron chi connectivity index (χ4n) is 3.20. The summed E-state index contributed by atoms with van der Waals surface area (Å²) < 4.78 is 4.13. The van der Waals surface area contributed by atoms with E-state index in [2.05, 4.69) is 62.2 Å². The maximum atomic E-state index is 5.62. The molecule has 1 aliphatic rings. The zero-order valence-corrected chi connectivity index (χ0v) is 16.3. The van der Waals surface area contributed by atoms with Crippen molar-refractivity contribution in [2.24, 2.45) is 0 Å². The normalized spacial score (nSPS) is 15.3. The van der Waals surface area contributed by atoms with Gasteiger partial charge in [0.15, 0.2) is 0 Å². The number of aromatic nitrogens is 6. The van der Waals surface area contributed by atoms with Gasteiger partial charge in [0.25, 0.3) is 0 Å². The van der Waals surface area contributed by atoms with E-state index in [1.807, 2.05) is 6.07 Å². The Hall–Kier alpha value is -2.65. The van der Waals surface area contributed by atoms with Crippen molar-refractivity contribution in [3.05, 3.63) is 52.6 Å². The van der Waals surface area contributed by atoms with E-state index in [0.717, 1.165) is 43.4 Å². The Morgan fingerprint density at radius 2 is 1.74 bits per heavy atom. The van der Waals surface area contributed by atoms with Crippen LogP contribution in [0.2, 0.25) is 0 Å². The molecule has 4 rings (SSSR count). The molecule has 0 N–H and O–H groups in total. The van der Waals surface area contributed by atoms with E-state index in [1.165, 1.54) is 5.56 Å². The van der Waals surface area contributed by atoms with Crippen molar-refractivity contribution in [1.29, 1.82) is 0 Å². The lowest BCUT2D eigenvalue weighted by molar-refractivity contribution is 0.192. The van der Waals surface area contributed by atoms with Crippen LogP contribution in [-0.4, -0.2) is 60.8 Å². The molecule has 140 valence electrons. The maximum absolute atomic E-state index is 5.62. The number of piperazine rings is 1. The smallest absolute Gasteiger partial charge is 0.225 e. The van der Waals surface area contributed by atoms with Crippen molar-refractivity contribution >= 4 is 18.2 Å². The average molecular weight is 382 g/mol. The lowest BCUT2D eigenvalue weighted by Crippen LogP contribution is -2.47. The Morgan fingerprint density at radius 3 is 2.48 bits per heavy atom. The fraction of sp³-hybridized carbons (Fsp3) is 0.389. The number of anilines is 1. The van der Waals surface area contributed by atoms with Gasteiger partial charge in [-0.05, 0) is 59.8 Å². The average Bonchev–Trinajstić information content (AvgIpc) is 3.05. The standard InChI is InChI=1S/C18H22N8S/c1-14-4-5-15(2)16(12-14)26-18(27)25(21-22-26)13-23-8-10-24(11-9-23)17-19-6-3-7-20-17/h3-7,12H,8-11,13H2,1-2H3. The van der Waals surface area contributed by atoms with E-state index in [9.17, 15) is 0 Å². The monoisotopic (exact) mass is 382 g/mol. The van der Waals surface area contributed by atoms with Crippen LogP contribution in [0.25, 0.3) is 5.69 Å². The van der Waals surface area contributed by atoms with Crippen LogP contribution in [0.4, 0.5) is 5.95 Å². The highest BCUT2D eigenvalue weighted by atomic mass is 32.1. The number of benzene rings is 1. The first kappa shape index (κ1) is 17.7. The van der Waals surface area contributed by atoms with Gasteiger partial charge in [0.1, 0.15) is 0 Å². The number of hydrogen-bond donors (Lipinski definition) is 0. The van der Waals surface area contributed by atoms with Crippen molar-refractivity contribution in [3.63, 3.8) is 0 Å². The third-order valence-electron chi connectivity index (χ3n) is 4.77. The molecule has 0 amide bonds. The molecule has 3 aromatic rings. The summed E-state index contributed by atoms with van der Waals surface area (Å²) in [5.74, 6) is 0.787. The summed E-state index contributed by atoms with van der Waals surface area (Å²) in [7, 11) is 0. The van der Waals surface area contributed by atoms with Gasteiger partial charge in [-0.15, -0.1) is 0 Å². The zero-order valence-electron chi connectivity index (χ0n) is 15.5. The SMILES string of the molecule is Cc1ccc(C)c(-n2nnn(CN3CCN(c4ncccn4)CC3)c2=S)c1. The molecule has 1 saturated heterocycles. The molecule has 3 heterocycles. The highest BCUT2D eigenvalue weighted by Crippen LogP contribution is 2.16. The van der Waals surface area contributed by atoms with Gasteiger partial charge in [-0.25, -0.2) is 14.6 Å². The first-order valence-electron chi connectivity index (χ1n) is 8.96. The van der Waals surface area contributed by atoms with Crippen LogP contribution in [-0.2, 0) is 6.67 Å². The second-order valence-corrected chi connectivity index (χ2v) is 7.12. The van der Waals surface area contributed by atoms with Gasteiger partial charge in [-0.3, -0.25) is 4.90 Å². The third-order valence-corrected chi connectivity index (χ3v) is 5.16. The van der Waals surface area contributed by atoms with Gasteiger partial charge < -0.3 is 4.90 Å². The maximum Gasteiger partial charge on any atom is 0.225 e. The van der Waals surface area contributed by atoms with Crippen LogP contribution in [0.1, 0.15) is 11.1 Å². The second-order valence-electron chi connectivity index (χ2n) is 6.76.